The van der Waals surface area contributed by atoms with Gasteiger partial charge in [-0.3, -0.25) is 0 Å². The molecular weight excluding hydrogens is 553 g/mol. The SMILES string of the molecule is C=C(Cc1c(-c2ccccc2C)ccc(-c2ccccc2C)c1C)/C(C)=C(\C)c1c(-c2ccccc2)cccc1-c1ccccc1. The van der Waals surface area contributed by atoms with Crippen molar-refractivity contribution in [3.8, 4) is 44.5 Å². The van der Waals surface area contributed by atoms with Gasteiger partial charge in [-0.1, -0.05) is 146 Å². The molecule has 0 heteroatoms. The van der Waals surface area contributed by atoms with Crippen molar-refractivity contribution in [3.05, 3.63) is 185 Å². The van der Waals surface area contributed by atoms with E-state index in [1.165, 1.54) is 83.5 Å². The average molecular weight is 595 g/mol. The van der Waals surface area contributed by atoms with E-state index in [0.29, 0.717) is 0 Å². The van der Waals surface area contributed by atoms with E-state index >= 15 is 0 Å². The van der Waals surface area contributed by atoms with Crippen molar-refractivity contribution in [3.63, 3.8) is 0 Å². The molecule has 0 bridgehead atoms. The largest absolute Gasteiger partial charge is 0.0952 e. The molecule has 46 heavy (non-hydrogen) atoms. The summed E-state index contributed by atoms with van der Waals surface area (Å²) in [7, 11) is 0. The fourth-order valence-corrected chi connectivity index (χ4v) is 6.75. The van der Waals surface area contributed by atoms with E-state index in [2.05, 4.69) is 174 Å². The summed E-state index contributed by atoms with van der Waals surface area (Å²) in [5.41, 5.74) is 20.2. The van der Waals surface area contributed by atoms with Crippen LogP contribution in [0.15, 0.2) is 157 Å². The van der Waals surface area contributed by atoms with Crippen LogP contribution in [0.4, 0.5) is 0 Å². The molecule has 6 aromatic carbocycles. The number of aryl methyl sites for hydroxylation is 2. The molecule has 0 amide bonds. The Morgan fingerprint density at radius 3 is 1.41 bits per heavy atom. The maximum Gasteiger partial charge on any atom is -0.00199 e. The van der Waals surface area contributed by atoms with Crippen LogP contribution < -0.4 is 0 Å². The normalized spacial score (nSPS) is 11.7. The third-order valence-corrected chi connectivity index (χ3v) is 9.56. The molecule has 0 saturated carbocycles. The average Bonchev–Trinajstić information content (AvgIpc) is 3.09. The van der Waals surface area contributed by atoms with Crippen LogP contribution in [0.5, 0.6) is 0 Å². The molecule has 0 N–H and O–H groups in total. The molecule has 0 aliphatic heterocycles. The Hall–Kier alpha value is -5.20. The lowest BCUT2D eigenvalue weighted by molar-refractivity contribution is 1.13. The summed E-state index contributed by atoms with van der Waals surface area (Å²) in [4.78, 5) is 0. The monoisotopic (exact) mass is 594 g/mol. The summed E-state index contributed by atoms with van der Waals surface area (Å²) in [5, 5.41) is 0. The minimum absolute atomic E-state index is 0.770. The second-order valence-electron chi connectivity index (χ2n) is 12.4. The Bertz CT molecular complexity index is 2000. The number of benzene rings is 6. The molecule has 0 aromatic heterocycles. The van der Waals surface area contributed by atoms with Crippen molar-refractivity contribution in [2.45, 2.75) is 41.0 Å². The number of hydrogen-bond acceptors (Lipinski definition) is 0. The zero-order valence-electron chi connectivity index (χ0n) is 27.7. The van der Waals surface area contributed by atoms with E-state index in [9.17, 15) is 0 Å². The van der Waals surface area contributed by atoms with E-state index < -0.39 is 0 Å². The Morgan fingerprint density at radius 2 is 0.891 bits per heavy atom. The molecule has 0 aliphatic carbocycles. The maximum absolute atomic E-state index is 4.76. The Kier molecular flexibility index (Phi) is 8.99. The van der Waals surface area contributed by atoms with Crippen LogP contribution in [-0.4, -0.2) is 0 Å². The van der Waals surface area contributed by atoms with Gasteiger partial charge >= 0.3 is 0 Å². The molecule has 0 atom stereocenters. The quantitative estimate of drug-likeness (QED) is 0.154. The van der Waals surface area contributed by atoms with Crippen molar-refractivity contribution in [1.29, 1.82) is 0 Å². The van der Waals surface area contributed by atoms with Gasteiger partial charge in [-0.2, -0.15) is 0 Å². The minimum atomic E-state index is 0.770. The van der Waals surface area contributed by atoms with Crippen LogP contribution in [0.2, 0.25) is 0 Å². The predicted molar refractivity (Wildman–Crippen MR) is 200 cm³/mol. The summed E-state index contributed by atoms with van der Waals surface area (Å²) in [6, 6.07) is 50.2. The summed E-state index contributed by atoms with van der Waals surface area (Å²) in [6.45, 7) is 16.0. The van der Waals surface area contributed by atoms with E-state index in [4.69, 9.17) is 6.58 Å². The van der Waals surface area contributed by atoms with Gasteiger partial charge in [-0.05, 0) is 130 Å². The lowest BCUT2D eigenvalue weighted by Gasteiger charge is -2.22. The highest BCUT2D eigenvalue weighted by Crippen LogP contribution is 2.41. The zero-order valence-corrected chi connectivity index (χ0v) is 27.7. The Morgan fingerprint density at radius 1 is 0.457 bits per heavy atom. The van der Waals surface area contributed by atoms with Gasteiger partial charge < -0.3 is 0 Å². The van der Waals surface area contributed by atoms with Gasteiger partial charge in [0.05, 0.1) is 0 Å². The smallest absolute Gasteiger partial charge is 0.00199 e. The maximum atomic E-state index is 4.76. The molecule has 0 spiro atoms. The Balaban J connectivity index is 1.51. The third-order valence-electron chi connectivity index (χ3n) is 9.56. The molecular formula is C46H42. The van der Waals surface area contributed by atoms with Crippen molar-refractivity contribution in [2.75, 3.05) is 0 Å². The molecule has 0 aliphatic rings. The summed E-state index contributed by atoms with van der Waals surface area (Å²) < 4.78 is 0. The molecule has 0 heterocycles. The molecule has 0 fully saturated rings. The molecule has 0 radical (unpaired) electrons. The number of hydrogen-bond donors (Lipinski definition) is 0. The molecule has 6 aromatic rings. The van der Waals surface area contributed by atoms with Crippen molar-refractivity contribution in [1.82, 2.24) is 0 Å². The first-order valence-electron chi connectivity index (χ1n) is 16.2. The van der Waals surface area contributed by atoms with Gasteiger partial charge in [-0.25, -0.2) is 0 Å². The summed E-state index contributed by atoms with van der Waals surface area (Å²) in [5.74, 6) is 0. The molecule has 226 valence electrons. The third kappa shape index (κ3) is 6.04. The summed E-state index contributed by atoms with van der Waals surface area (Å²) in [6.07, 6.45) is 0.770. The van der Waals surface area contributed by atoms with E-state index in [-0.39, 0.29) is 0 Å². The molecule has 6 rings (SSSR count). The van der Waals surface area contributed by atoms with Crippen LogP contribution in [-0.2, 0) is 6.42 Å². The first-order valence-corrected chi connectivity index (χ1v) is 16.2. The van der Waals surface area contributed by atoms with Gasteiger partial charge in [0.15, 0.2) is 0 Å². The van der Waals surface area contributed by atoms with Crippen LogP contribution in [0.3, 0.4) is 0 Å². The minimum Gasteiger partial charge on any atom is -0.0952 e. The standard InChI is InChI=1S/C46H42/c1-31-18-13-15-24-39(31)41-28-29-44(40-25-16-14-19-32(40)2)45(36(41)6)30-33(3)34(4)35(5)46-42(37-20-9-7-10-21-37)26-17-27-43(46)38-22-11-8-12-23-38/h7-29H,3,30H2,1-2,4-6H3/b35-34+. The lowest BCUT2D eigenvalue weighted by atomic mass is 9.82. The van der Waals surface area contributed by atoms with Crippen LogP contribution >= 0.6 is 0 Å². The fraction of sp³-hybridized carbons (Fsp3) is 0.130. The highest BCUT2D eigenvalue weighted by atomic mass is 14.2. The van der Waals surface area contributed by atoms with Crippen molar-refractivity contribution < 1.29 is 0 Å². The van der Waals surface area contributed by atoms with E-state index in [1.807, 2.05) is 0 Å². The van der Waals surface area contributed by atoms with Gasteiger partial charge in [-0.15, -0.1) is 0 Å². The molecule has 0 unspecified atom stereocenters. The van der Waals surface area contributed by atoms with Gasteiger partial charge in [0.2, 0.25) is 0 Å². The first-order chi connectivity index (χ1) is 22.3. The van der Waals surface area contributed by atoms with E-state index in [0.717, 1.165) is 12.0 Å². The molecule has 0 saturated heterocycles. The first kappa shape index (κ1) is 30.8. The van der Waals surface area contributed by atoms with Gasteiger partial charge in [0, 0.05) is 0 Å². The van der Waals surface area contributed by atoms with Crippen molar-refractivity contribution >= 4 is 5.57 Å². The second-order valence-corrected chi connectivity index (χ2v) is 12.4. The topological polar surface area (TPSA) is 0 Å². The highest BCUT2D eigenvalue weighted by Gasteiger charge is 2.19. The van der Waals surface area contributed by atoms with Crippen LogP contribution in [0.1, 0.15) is 41.7 Å². The van der Waals surface area contributed by atoms with Crippen LogP contribution in [0.25, 0.3) is 50.1 Å². The van der Waals surface area contributed by atoms with Crippen LogP contribution in [0, 0.1) is 20.8 Å². The number of allylic oxidation sites excluding steroid dienone is 3. The lowest BCUT2D eigenvalue weighted by Crippen LogP contribution is -2.03. The van der Waals surface area contributed by atoms with E-state index in [1.54, 1.807) is 0 Å². The van der Waals surface area contributed by atoms with Gasteiger partial charge in [0.1, 0.15) is 0 Å². The highest BCUT2D eigenvalue weighted by molar-refractivity contribution is 5.92. The fourth-order valence-electron chi connectivity index (χ4n) is 6.75. The number of rotatable bonds is 8. The second kappa shape index (κ2) is 13.4. The predicted octanol–water partition coefficient (Wildman–Crippen LogP) is 12.9. The van der Waals surface area contributed by atoms with Gasteiger partial charge in [0.25, 0.3) is 0 Å². The molecule has 0 nitrogen and oxygen atoms in total. The Labute approximate surface area is 275 Å². The summed E-state index contributed by atoms with van der Waals surface area (Å²) >= 11 is 0. The van der Waals surface area contributed by atoms with Crippen molar-refractivity contribution in [2.24, 2.45) is 0 Å². The zero-order chi connectivity index (χ0) is 32.2.